The lowest BCUT2D eigenvalue weighted by molar-refractivity contribution is -0.123. The van der Waals surface area contributed by atoms with Gasteiger partial charge in [0.05, 0.1) is 11.4 Å². The zero-order valence-corrected chi connectivity index (χ0v) is 13.8. The first-order valence-corrected chi connectivity index (χ1v) is 8.16. The first-order valence-electron chi connectivity index (χ1n) is 6.96. The average Bonchev–Trinajstić information content (AvgIpc) is 2.81. The highest BCUT2D eigenvalue weighted by atomic mass is 35.5. The molecular formula is C17H12ClNO4S. The Morgan fingerprint density at radius 2 is 1.79 bits per heavy atom. The standard InChI is InChI=1S/C17H12ClNO4S/c18-12-6-4-10(5-7-12)9-19-16(22)14(24-17(19)23)8-11-2-1-3-13(20)15(11)21/h1-8,20-21H,9H2/b14-8-. The summed E-state index contributed by atoms with van der Waals surface area (Å²) in [6.07, 6.45) is 1.39. The Hall–Kier alpha value is -2.44. The summed E-state index contributed by atoms with van der Waals surface area (Å²) in [7, 11) is 0. The van der Waals surface area contributed by atoms with E-state index >= 15 is 0 Å². The third-order valence-electron chi connectivity index (χ3n) is 3.46. The van der Waals surface area contributed by atoms with Gasteiger partial charge in [-0.05, 0) is 41.6 Å². The number of aromatic hydroxyl groups is 2. The minimum Gasteiger partial charge on any atom is -0.504 e. The topological polar surface area (TPSA) is 77.8 Å². The van der Waals surface area contributed by atoms with Crippen molar-refractivity contribution >= 4 is 40.6 Å². The summed E-state index contributed by atoms with van der Waals surface area (Å²) in [5, 5.41) is 19.5. The fraction of sp³-hybridized carbons (Fsp3) is 0.0588. The van der Waals surface area contributed by atoms with Gasteiger partial charge in [0.25, 0.3) is 11.1 Å². The number of nitrogens with zero attached hydrogens (tertiary/aromatic N) is 1. The van der Waals surface area contributed by atoms with E-state index in [0.717, 1.165) is 22.2 Å². The summed E-state index contributed by atoms with van der Waals surface area (Å²) in [4.78, 5) is 25.8. The molecule has 0 bridgehead atoms. The van der Waals surface area contributed by atoms with Gasteiger partial charge in [-0.2, -0.15) is 0 Å². The van der Waals surface area contributed by atoms with Crippen molar-refractivity contribution in [2.24, 2.45) is 0 Å². The Balaban J connectivity index is 1.84. The maximum Gasteiger partial charge on any atom is 0.293 e. The number of halogens is 1. The minimum atomic E-state index is -0.442. The third kappa shape index (κ3) is 3.25. The molecule has 1 aliphatic heterocycles. The van der Waals surface area contributed by atoms with Crippen molar-refractivity contribution in [2.75, 3.05) is 0 Å². The number of amides is 2. The zero-order chi connectivity index (χ0) is 17.3. The van der Waals surface area contributed by atoms with E-state index in [2.05, 4.69) is 0 Å². The maximum absolute atomic E-state index is 12.4. The molecule has 1 heterocycles. The minimum absolute atomic E-state index is 0.144. The van der Waals surface area contributed by atoms with E-state index in [4.69, 9.17) is 11.6 Å². The molecule has 122 valence electrons. The van der Waals surface area contributed by atoms with Gasteiger partial charge >= 0.3 is 0 Å². The van der Waals surface area contributed by atoms with Crippen molar-refractivity contribution in [3.63, 3.8) is 0 Å². The second-order valence-corrected chi connectivity index (χ2v) is 6.54. The number of carbonyl (C=O) groups excluding carboxylic acids is 2. The van der Waals surface area contributed by atoms with Gasteiger partial charge in [0, 0.05) is 10.6 Å². The highest BCUT2D eigenvalue weighted by Crippen LogP contribution is 2.36. The normalized spacial score (nSPS) is 16.2. The molecule has 2 aromatic carbocycles. The number of thioether (sulfide) groups is 1. The van der Waals surface area contributed by atoms with Gasteiger partial charge in [-0.15, -0.1) is 0 Å². The van der Waals surface area contributed by atoms with Gasteiger partial charge in [0.15, 0.2) is 11.5 Å². The van der Waals surface area contributed by atoms with Crippen molar-refractivity contribution < 1.29 is 19.8 Å². The molecule has 0 spiro atoms. The number of rotatable bonds is 3. The summed E-state index contributed by atoms with van der Waals surface area (Å²) in [5.74, 6) is -1.06. The first kappa shape index (κ1) is 16.4. The predicted octanol–water partition coefficient (Wildman–Crippen LogP) is 3.99. The molecule has 1 aliphatic rings. The molecule has 0 aromatic heterocycles. The molecule has 2 amide bonds. The number of hydrogen-bond donors (Lipinski definition) is 2. The monoisotopic (exact) mass is 361 g/mol. The molecule has 0 aliphatic carbocycles. The zero-order valence-electron chi connectivity index (χ0n) is 12.3. The summed E-state index contributed by atoms with van der Waals surface area (Å²) < 4.78 is 0. The maximum atomic E-state index is 12.4. The average molecular weight is 362 g/mol. The smallest absolute Gasteiger partial charge is 0.293 e. The molecule has 24 heavy (non-hydrogen) atoms. The molecule has 3 rings (SSSR count). The van der Waals surface area contributed by atoms with Crippen molar-refractivity contribution in [1.82, 2.24) is 4.90 Å². The summed E-state index contributed by atoms with van der Waals surface area (Å²) in [6.45, 7) is 0.144. The molecular weight excluding hydrogens is 350 g/mol. The van der Waals surface area contributed by atoms with Crippen molar-refractivity contribution in [1.29, 1.82) is 0 Å². The quantitative estimate of drug-likeness (QED) is 0.638. The van der Waals surface area contributed by atoms with Gasteiger partial charge in [0.2, 0.25) is 0 Å². The van der Waals surface area contributed by atoms with E-state index in [1.165, 1.54) is 12.1 Å². The van der Waals surface area contributed by atoms with Gasteiger partial charge in [0.1, 0.15) is 0 Å². The van der Waals surface area contributed by atoms with Crippen molar-refractivity contribution in [3.8, 4) is 11.5 Å². The van der Waals surface area contributed by atoms with Crippen LogP contribution in [0.2, 0.25) is 5.02 Å². The largest absolute Gasteiger partial charge is 0.504 e. The Morgan fingerprint density at radius 3 is 2.50 bits per heavy atom. The number of phenolic OH excluding ortho intramolecular Hbond substituents is 2. The van der Waals surface area contributed by atoms with E-state index in [1.54, 1.807) is 36.4 Å². The predicted molar refractivity (Wildman–Crippen MR) is 92.7 cm³/mol. The highest BCUT2D eigenvalue weighted by molar-refractivity contribution is 8.18. The van der Waals surface area contributed by atoms with Gasteiger partial charge < -0.3 is 10.2 Å². The van der Waals surface area contributed by atoms with E-state index < -0.39 is 5.91 Å². The summed E-state index contributed by atoms with van der Waals surface area (Å²) in [5.41, 5.74) is 1.05. The lowest BCUT2D eigenvalue weighted by Crippen LogP contribution is -2.27. The summed E-state index contributed by atoms with van der Waals surface area (Å²) in [6, 6.07) is 11.3. The molecule has 0 atom stereocenters. The van der Waals surface area contributed by atoms with Crippen LogP contribution in [0.3, 0.4) is 0 Å². The SMILES string of the molecule is O=C1S/C(=C\c2cccc(O)c2O)C(=O)N1Cc1ccc(Cl)cc1. The Labute approximate surface area is 147 Å². The van der Waals surface area contributed by atoms with Crippen LogP contribution in [0.4, 0.5) is 4.79 Å². The van der Waals surface area contributed by atoms with Crippen molar-refractivity contribution in [2.45, 2.75) is 6.54 Å². The van der Waals surface area contributed by atoms with Gasteiger partial charge in [-0.1, -0.05) is 35.9 Å². The first-order chi connectivity index (χ1) is 11.5. The number of benzene rings is 2. The number of hydrogen-bond acceptors (Lipinski definition) is 5. The van der Waals surface area contributed by atoms with E-state index in [9.17, 15) is 19.8 Å². The van der Waals surface area contributed by atoms with Crippen LogP contribution in [0.25, 0.3) is 6.08 Å². The number of phenols is 2. The molecule has 1 saturated heterocycles. The lowest BCUT2D eigenvalue weighted by Gasteiger charge is -2.12. The van der Waals surface area contributed by atoms with Gasteiger partial charge in [-0.3, -0.25) is 14.5 Å². The van der Waals surface area contributed by atoms with Crippen LogP contribution in [0.15, 0.2) is 47.4 Å². The second kappa shape index (κ2) is 6.59. The fourth-order valence-corrected chi connectivity index (χ4v) is 3.17. The second-order valence-electron chi connectivity index (χ2n) is 5.11. The number of carbonyl (C=O) groups is 2. The van der Waals surface area contributed by atoms with Crippen LogP contribution < -0.4 is 0 Å². The molecule has 2 aromatic rings. The van der Waals surface area contributed by atoms with Gasteiger partial charge in [-0.25, -0.2) is 0 Å². The third-order valence-corrected chi connectivity index (χ3v) is 4.62. The highest BCUT2D eigenvalue weighted by Gasteiger charge is 2.35. The molecule has 1 fully saturated rings. The number of imide groups is 1. The molecule has 5 nitrogen and oxygen atoms in total. The van der Waals surface area contributed by atoms with E-state index in [1.807, 2.05) is 0 Å². The van der Waals surface area contributed by atoms with Crippen LogP contribution in [0.1, 0.15) is 11.1 Å². The van der Waals surface area contributed by atoms with Crippen LogP contribution in [0.5, 0.6) is 11.5 Å². The van der Waals surface area contributed by atoms with E-state index in [-0.39, 0.29) is 33.8 Å². The van der Waals surface area contributed by atoms with Crippen molar-refractivity contribution in [3.05, 3.63) is 63.5 Å². The summed E-state index contributed by atoms with van der Waals surface area (Å²) >= 11 is 6.62. The Kier molecular flexibility index (Phi) is 4.51. The lowest BCUT2D eigenvalue weighted by atomic mass is 10.1. The van der Waals surface area contributed by atoms with Crippen LogP contribution in [-0.2, 0) is 11.3 Å². The molecule has 2 N–H and O–H groups in total. The molecule has 0 radical (unpaired) electrons. The van der Waals surface area contributed by atoms with Crippen LogP contribution >= 0.6 is 23.4 Å². The van der Waals surface area contributed by atoms with E-state index in [0.29, 0.717) is 5.02 Å². The fourth-order valence-electron chi connectivity index (χ4n) is 2.22. The van der Waals surface area contributed by atoms with Crippen LogP contribution in [0, 0.1) is 0 Å². The molecule has 0 saturated carbocycles. The Morgan fingerprint density at radius 1 is 1.08 bits per heavy atom. The molecule has 7 heteroatoms. The Bertz CT molecular complexity index is 848. The van der Waals surface area contributed by atoms with Crippen LogP contribution in [-0.4, -0.2) is 26.3 Å². The number of para-hydroxylation sites is 1. The molecule has 0 unspecified atom stereocenters.